The summed E-state index contributed by atoms with van der Waals surface area (Å²) in [4.78, 5) is 12.8. The van der Waals surface area contributed by atoms with E-state index in [1.54, 1.807) is 0 Å². The molecule has 4 nitrogen and oxygen atoms in total. The molecular formula is C13H15F3N2O2. The van der Waals surface area contributed by atoms with Gasteiger partial charge < -0.3 is 15.4 Å². The first-order valence-electron chi connectivity index (χ1n) is 6.18. The summed E-state index contributed by atoms with van der Waals surface area (Å²) in [6.07, 6.45) is -4.54. The van der Waals surface area contributed by atoms with E-state index in [0.29, 0.717) is 25.4 Å². The number of nitrogens with zero attached hydrogens (tertiary/aromatic N) is 1. The van der Waals surface area contributed by atoms with Crippen molar-refractivity contribution in [3.8, 4) is 0 Å². The average molecular weight is 288 g/mol. The number of morpholine rings is 1. The third-order valence-electron chi connectivity index (χ3n) is 3.13. The number of anilines is 1. The summed E-state index contributed by atoms with van der Waals surface area (Å²) in [5.41, 5.74) is 5.11. The Morgan fingerprint density at radius 3 is 2.55 bits per heavy atom. The topological polar surface area (TPSA) is 55.6 Å². The highest BCUT2D eigenvalue weighted by Gasteiger charge is 2.30. The van der Waals surface area contributed by atoms with Crippen molar-refractivity contribution in [2.75, 3.05) is 24.6 Å². The van der Waals surface area contributed by atoms with Gasteiger partial charge in [0.2, 0.25) is 5.91 Å². The van der Waals surface area contributed by atoms with Crippen molar-refractivity contribution < 1.29 is 22.7 Å². The lowest BCUT2D eigenvalue weighted by Crippen LogP contribution is -2.44. The van der Waals surface area contributed by atoms with E-state index in [-0.39, 0.29) is 12.5 Å². The molecule has 0 aliphatic carbocycles. The number of alkyl halides is 3. The van der Waals surface area contributed by atoms with Gasteiger partial charge in [-0.2, -0.15) is 13.2 Å². The fraction of sp³-hybridized carbons (Fsp3) is 0.462. The molecule has 1 atom stereocenters. The molecule has 1 saturated heterocycles. The van der Waals surface area contributed by atoms with Crippen molar-refractivity contribution in [1.82, 2.24) is 0 Å². The van der Waals surface area contributed by atoms with Gasteiger partial charge in [-0.25, -0.2) is 0 Å². The number of primary amides is 1. The van der Waals surface area contributed by atoms with Crippen LogP contribution in [0.5, 0.6) is 0 Å². The molecule has 1 aromatic rings. The van der Waals surface area contributed by atoms with Crippen LogP contribution in [-0.4, -0.2) is 31.7 Å². The van der Waals surface area contributed by atoms with Gasteiger partial charge in [-0.1, -0.05) is 0 Å². The van der Waals surface area contributed by atoms with Crippen LogP contribution in [0.3, 0.4) is 0 Å². The summed E-state index contributed by atoms with van der Waals surface area (Å²) in [5, 5.41) is 0. The molecule has 1 aliphatic rings. The van der Waals surface area contributed by atoms with Gasteiger partial charge in [0.1, 0.15) is 0 Å². The van der Waals surface area contributed by atoms with Gasteiger partial charge in [0.05, 0.1) is 24.7 Å². The second-order valence-electron chi connectivity index (χ2n) is 4.65. The summed E-state index contributed by atoms with van der Waals surface area (Å²) in [6.45, 7) is 1.42. The first-order valence-corrected chi connectivity index (χ1v) is 6.18. The van der Waals surface area contributed by atoms with Crippen molar-refractivity contribution in [3.05, 3.63) is 29.8 Å². The van der Waals surface area contributed by atoms with Crippen LogP contribution >= 0.6 is 0 Å². The monoisotopic (exact) mass is 288 g/mol. The fourth-order valence-corrected chi connectivity index (χ4v) is 2.16. The number of benzene rings is 1. The van der Waals surface area contributed by atoms with Crippen molar-refractivity contribution >= 4 is 11.6 Å². The largest absolute Gasteiger partial charge is 0.416 e. The lowest BCUT2D eigenvalue weighted by molar-refractivity contribution is -0.137. The summed E-state index contributed by atoms with van der Waals surface area (Å²) in [5.74, 6) is -0.454. The van der Waals surface area contributed by atoms with Crippen LogP contribution < -0.4 is 10.6 Å². The quantitative estimate of drug-likeness (QED) is 0.922. The zero-order chi connectivity index (χ0) is 14.8. The van der Waals surface area contributed by atoms with Crippen LogP contribution in [0.2, 0.25) is 0 Å². The Bertz CT molecular complexity index is 473. The molecule has 0 radical (unpaired) electrons. The van der Waals surface area contributed by atoms with E-state index in [4.69, 9.17) is 10.5 Å². The minimum absolute atomic E-state index is 0.108. The number of carbonyl (C=O) groups excluding carboxylic acids is 1. The van der Waals surface area contributed by atoms with Crippen LogP contribution in [0.4, 0.5) is 18.9 Å². The molecule has 110 valence electrons. The molecule has 0 saturated carbocycles. The predicted molar refractivity (Wildman–Crippen MR) is 67.2 cm³/mol. The van der Waals surface area contributed by atoms with Gasteiger partial charge in [-0.05, 0) is 24.3 Å². The molecule has 0 unspecified atom stereocenters. The smallest absolute Gasteiger partial charge is 0.374 e. The molecule has 1 fully saturated rings. The van der Waals surface area contributed by atoms with E-state index in [0.717, 1.165) is 12.1 Å². The van der Waals surface area contributed by atoms with Gasteiger partial charge in [0.25, 0.3) is 0 Å². The number of ether oxygens (including phenoxy) is 1. The number of hydrogen-bond donors (Lipinski definition) is 1. The van der Waals surface area contributed by atoms with E-state index in [1.807, 2.05) is 4.90 Å². The van der Waals surface area contributed by atoms with Gasteiger partial charge in [0, 0.05) is 18.8 Å². The van der Waals surface area contributed by atoms with E-state index in [1.165, 1.54) is 12.1 Å². The number of amides is 1. The second kappa shape index (κ2) is 5.70. The van der Waals surface area contributed by atoms with Crippen molar-refractivity contribution in [2.24, 2.45) is 5.73 Å². The molecule has 1 aliphatic heterocycles. The molecule has 1 amide bonds. The molecule has 7 heteroatoms. The molecular weight excluding hydrogens is 273 g/mol. The third kappa shape index (κ3) is 3.63. The van der Waals surface area contributed by atoms with E-state index < -0.39 is 17.6 Å². The third-order valence-corrected chi connectivity index (χ3v) is 3.13. The Morgan fingerprint density at radius 1 is 1.35 bits per heavy atom. The highest BCUT2D eigenvalue weighted by atomic mass is 19.4. The van der Waals surface area contributed by atoms with Crippen LogP contribution in [-0.2, 0) is 15.7 Å². The first kappa shape index (κ1) is 14.6. The van der Waals surface area contributed by atoms with E-state index >= 15 is 0 Å². The Hall–Kier alpha value is -1.76. The highest BCUT2D eigenvalue weighted by Crippen LogP contribution is 2.30. The lowest BCUT2D eigenvalue weighted by atomic mass is 10.1. The van der Waals surface area contributed by atoms with Crippen LogP contribution in [0.1, 0.15) is 12.0 Å². The molecule has 1 heterocycles. The van der Waals surface area contributed by atoms with Crippen molar-refractivity contribution in [2.45, 2.75) is 18.7 Å². The normalized spacial score (nSPS) is 19.9. The average Bonchev–Trinajstić information content (AvgIpc) is 2.37. The van der Waals surface area contributed by atoms with Crippen molar-refractivity contribution in [1.29, 1.82) is 0 Å². The molecule has 20 heavy (non-hydrogen) atoms. The molecule has 0 aromatic heterocycles. The van der Waals surface area contributed by atoms with E-state index in [9.17, 15) is 18.0 Å². The molecule has 0 bridgehead atoms. The van der Waals surface area contributed by atoms with Gasteiger partial charge in [0.15, 0.2) is 0 Å². The maximum atomic E-state index is 12.5. The van der Waals surface area contributed by atoms with Gasteiger partial charge in [-0.3, -0.25) is 4.79 Å². The lowest BCUT2D eigenvalue weighted by Gasteiger charge is -2.34. The Kier molecular flexibility index (Phi) is 4.17. The molecule has 2 rings (SSSR count). The maximum Gasteiger partial charge on any atom is 0.416 e. The Balaban J connectivity index is 2.05. The molecule has 0 spiro atoms. The highest BCUT2D eigenvalue weighted by molar-refractivity contribution is 5.74. The SMILES string of the molecule is NC(=O)C[C@@H]1CN(c2ccc(C(F)(F)F)cc2)CCO1. The molecule has 2 N–H and O–H groups in total. The maximum absolute atomic E-state index is 12.5. The van der Waals surface area contributed by atoms with Crippen molar-refractivity contribution in [3.63, 3.8) is 0 Å². The number of carbonyl (C=O) groups is 1. The first-order chi connectivity index (χ1) is 9.36. The van der Waals surface area contributed by atoms with E-state index in [2.05, 4.69) is 0 Å². The predicted octanol–water partition coefficient (Wildman–Crippen LogP) is 1.79. The van der Waals surface area contributed by atoms with Gasteiger partial charge in [-0.15, -0.1) is 0 Å². The van der Waals surface area contributed by atoms with Crippen LogP contribution in [0.25, 0.3) is 0 Å². The Labute approximate surface area is 114 Å². The summed E-state index contributed by atoms with van der Waals surface area (Å²) < 4.78 is 42.8. The number of halogens is 3. The molecule has 1 aromatic carbocycles. The minimum atomic E-state index is -4.34. The summed E-state index contributed by atoms with van der Waals surface area (Å²) >= 11 is 0. The Morgan fingerprint density at radius 2 is 2.00 bits per heavy atom. The van der Waals surface area contributed by atoms with Crippen LogP contribution in [0.15, 0.2) is 24.3 Å². The zero-order valence-electron chi connectivity index (χ0n) is 10.7. The number of nitrogens with two attached hydrogens (primary N) is 1. The number of rotatable bonds is 3. The summed E-state index contributed by atoms with van der Waals surface area (Å²) in [7, 11) is 0. The number of hydrogen-bond acceptors (Lipinski definition) is 3. The standard InChI is InChI=1S/C13H15F3N2O2/c14-13(15,16)9-1-3-10(4-2-9)18-5-6-20-11(8-18)7-12(17)19/h1-4,11H,5-8H2,(H2,17,19)/t11-/m1/s1. The second-order valence-corrected chi connectivity index (χ2v) is 4.65. The van der Waals surface area contributed by atoms with Crippen LogP contribution in [0, 0.1) is 0 Å². The summed E-state index contributed by atoms with van der Waals surface area (Å²) in [6, 6.07) is 4.95. The fourth-order valence-electron chi connectivity index (χ4n) is 2.16. The van der Waals surface area contributed by atoms with Gasteiger partial charge >= 0.3 is 6.18 Å². The zero-order valence-corrected chi connectivity index (χ0v) is 10.7. The minimum Gasteiger partial charge on any atom is -0.374 e.